The Kier molecular flexibility index (Phi) is 6.28. The van der Waals surface area contributed by atoms with Gasteiger partial charge in [0.2, 0.25) is 0 Å². The normalized spacial score (nSPS) is 24.1. The molecule has 7 nitrogen and oxygen atoms in total. The van der Waals surface area contributed by atoms with E-state index < -0.39 is 10.0 Å². The molecule has 34 heavy (non-hydrogen) atoms. The van der Waals surface area contributed by atoms with Crippen molar-refractivity contribution in [3.8, 4) is 11.1 Å². The van der Waals surface area contributed by atoms with Gasteiger partial charge in [-0.25, -0.2) is 17.8 Å². The number of hydrogen-bond donors (Lipinski definition) is 1. The van der Waals surface area contributed by atoms with Crippen molar-refractivity contribution < 1.29 is 17.9 Å². The molecule has 1 N–H and O–H groups in total. The van der Waals surface area contributed by atoms with Gasteiger partial charge in [0.1, 0.15) is 5.82 Å². The maximum atomic E-state index is 13.6. The second kappa shape index (κ2) is 9.22. The summed E-state index contributed by atoms with van der Waals surface area (Å²) >= 11 is 0. The highest BCUT2D eigenvalue weighted by atomic mass is 32.2. The Bertz CT molecular complexity index is 1260. The second-order valence-electron chi connectivity index (χ2n) is 9.16. The Morgan fingerprint density at radius 2 is 1.85 bits per heavy atom. The number of halogens is 1. The van der Waals surface area contributed by atoms with Crippen molar-refractivity contribution in [3.63, 3.8) is 0 Å². The van der Waals surface area contributed by atoms with E-state index in [2.05, 4.69) is 9.88 Å². The predicted octanol–water partition coefficient (Wildman–Crippen LogP) is 2.84. The maximum Gasteiger partial charge on any atom is 0.262 e. The molecule has 3 atom stereocenters. The van der Waals surface area contributed by atoms with E-state index in [-0.39, 0.29) is 35.5 Å². The van der Waals surface area contributed by atoms with Gasteiger partial charge in [-0.05, 0) is 48.2 Å². The minimum absolute atomic E-state index is 0.00564. The molecule has 0 bridgehead atoms. The molecule has 0 amide bonds. The van der Waals surface area contributed by atoms with Crippen molar-refractivity contribution in [2.45, 2.75) is 35.9 Å². The highest BCUT2D eigenvalue weighted by molar-refractivity contribution is 7.89. The smallest absolute Gasteiger partial charge is 0.262 e. The first kappa shape index (κ1) is 23.2. The number of aryl methyl sites for hydroxylation is 1. The summed E-state index contributed by atoms with van der Waals surface area (Å²) in [7, 11) is -1.95. The molecule has 2 aliphatic rings. The topological polar surface area (TPSA) is 78.7 Å². The zero-order valence-corrected chi connectivity index (χ0v) is 19.9. The van der Waals surface area contributed by atoms with E-state index in [9.17, 15) is 17.9 Å². The van der Waals surface area contributed by atoms with Crippen LogP contribution in [-0.4, -0.2) is 70.6 Å². The summed E-state index contributed by atoms with van der Waals surface area (Å²) in [6.07, 6.45) is 4.66. The summed E-state index contributed by atoms with van der Waals surface area (Å²) in [4.78, 5) is 6.33. The van der Waals surface area contributed by atoms with Gasteiger partial charge >= 0.3 is 0 Å². The van der Waals surface area contributed by atoms with Gasteiger partial charge in [-0.2, -0.15) is 4.31 Å². The molecule has 180 valence electrons. The average molecular weight is 485 g/mol. The highest BCUT2D eigenvalue weighted by Gasteiger charge is 2.50. The number of fused-ring (bicyclic) bond motifs is 1. The second-order valence-corrected chi connectivity index (χ2v) is 11.0. The lowest BCUT2D eigenvalue weighted by Crippen LogP contribution is -2.67. The molecule has 3 aromatic rings. The van der Waals surface area contributed by atoms with Crippen LogP contribution in [0.4, 0.5) is 4.39 Å². The largest absolute Gasteiger partial charge is 0.395 e. The molecule has 0 radical (unpaired) electrons. The zero-order chi connectivity index (χ0) is 23.9. The summed E-state index contributed by atoms with van der Waals surface area (Å²) in [6.45, 7) is 1.66. The van der Waals surface area contributed by atoms with Crippen molar-refractivity contribution in [1.82, 2.24) is 18.8 Å². The summed E-state index contributed by atoms with van der Waals surface area (Å²) in [5.74, 6) is -0.272. The van der Waals surface area contributed by atoms with Gasteiger partial charge in [0.15, 0.2) is 5.03 Å². The molecule has 0 saturated carbocycles. The molecule has 0 spiro atoms. The third kappa shape index (κ3) is 4.17. The first-order chi connectivity index (χ1) is 16.4. The molecule has 2 saturated heterocycles. The predicted molar refractivity (Wildman–Crippen MR) is 127 cm³/mol. The summed E-state index contributed by atoms with van der Waals surface area (Å²) in [6, 6.07) is 14.4. The van der Waals surface area contributed by atoms with Crippen LogP contribution in [0.1, 0.15) is 24.3 Å². The molecule has 9 heteroatoms. The first-order valence-electron chi connectivity index (χ1n) is 11.6. The van der Waals surface area contributed by atoms with Crippen molar-refractivity contribution in [2.24, 2.45) is 7.05 Å². The molecular formula is C25H29FN4O3S. The van der Waals surface area contributed by atoms with Crippen LogP contribution in [-0.2, 0) is 17.1 Å². The third-order valence-corrected chi connectivity index (χ3v) is 8.82. The third-order valence-electron chi connectivity index (χ3n) is 7.07. The van der Waals surface area contributed by atoms with Crippen LogP contribution >= 0.6 is 0 Å². The Balaban J connectivity index is 1.42. The molecule has 2 fully saturated rings. The number of aliphatic hydroxyl groups excluding tert-OH is 1. The fourth-order valence-electron chi connectivity index (χ4n) is 5.35. The Hall–Kier alpha value is -2.59. The lowest BCUT2D eigenvalue weighted by Gasteiger charge is -2.57. The van der Waals surface area contributed by atoms with E-state index in [1.807, 2.05) is 30.3 Å². The number of nitrogens with zero attached hydrogens (tertiary/aromatic N) is 4. The standard InChI is InChI=1S/C25H29FN4O3S/c1-28-15-24(27-17-28)34(32,33)29-11-2-3-12-30-22(14-29)25(23(30)16-31)19-9-7-18(8-10-19)20-5-4-6-21(26)13-20/h4-10,13,15,17,22-23,25,31H,2-3,11-12,14,16H2,1H3/t22-,23+,25+/m1/s1. The van der Waals surface area contributed by atoms with Gasteiger partial charge in [-0.3, -0.25) is 4.90 Å². The highest BCUT2D eigenvalue weighted by Crippen LogP contribution is 2.43. The van der Waals surface area contributed by atoms with E-state index >= 15 is 0 Å². The molecular weight excluding hydrogens is 455 g/mol. The average Bonchev–Trinajstić information content (AvgIpc) is 3.25. The lowest BCUT2D eigenvalue weighted by atomic mass is 9.74. The van der Waals surface area contributed by atoms with Gasteiger partial charge in [0, 0.05) is 44.3 Å². The molecule has 3 heterocycles. The Labute approximate surface area is 199 Å². The zero-order valence-electron chi connectivity index (χ0n) is 19.1. The summed E-state index contributed by atoms with van der Waals surface area (Å²) < 4.78 is 43.5. The number of hydrogen-bond acceptors (Lipinski definition) is 5. The van der Waals surface area contributed by atoms with Gasteiger partial charge in [0.05, 0.1) is 12.9 Å². The van der Waals surface area contributed by atoms with Crippen LogP contribution < -0.4 is 0 Å². The Morgan fingerprint density at radius 3 is 2.53 bits per heavy atom. The fourth-order valence-corrected chi connectivity index (χ4v) is 6.81. The maximum absolute atomic E-state index is 13.6. The minimum atomic E-state index is -3.70. The number of benzene rings is 2. The minimum Gasteiger partial charge on any atom is -0.395 e. The van der Waals surface area contributed by atoms with Gasteiger partial charge in [0.25, 0.3) is 10.0 Å². The van der Waals surface area contributed by atoms with Crippen LogP contribution in [0.3, 0.4) is 0 Å². The van der Waals surface area contributed by atoms with E-state index in [1.54, 1.807) is 22.0 Å². The van der Waals surface area contributed by atoms with Crippen molar-refractivity contribution in [3.05, 3.63) is 72.4 Å². The molecule has 0 aliphatic carbocycles. The Morgan fingerprint density at radius 1 is 1.09 bits per heavy atom. The molecule has 2 aromatic carbocycles. The van der Waals surface area contributed by atoms with Crippen LogP contribution in [0, 0.1) is 5.82 Å². The van der Waals surface area contributed by atoms with Crippen molar-refractivity contribution >= 4 is 10.0 Å². The lowest BCUT2D eigenvalue weighted by molar-refractivity contribution is -0.0554. The molecule has 1 aromatic heterocycles. The molecule has 0 unspecified atom stereocenters. The van der Waals surface area contributed by atoms with Crippen molar-refractivity contribution in [2.75, 3.05) is 26.2 Å². The quantitative estimate of drug-likeness (QED) is 0.603. The van der Waals surface area contributed by atoms with Gasteiger partial charge < -0.3 is 9.67 Å². The number of sulfonamides is 1. The number of aromatic nitrogens is 2. The van der Waals surface area contributed by atoms with E-state index in [1.165, 1.54) is 24.7 Å². The van der Waals surface area contributed by atoms with Gasteiger partial charge in [-0.15, -0.1) is 0 Å². The van der Waals surface area contributed by atoms with E-state index in [0.29, 0.717) is 13.1 Å². The van der Waals surface area contributed by atoms with Crippen LogP contribution in [0.25, 0.3) is 11.1 Å². The molecule has 5 rings (SSSR count). The number of aliphatic hydroxyl groups is 1. The summed E-state index contributed by atoms with van der Waals surface area (Å²) in [5, 5.41) is 10.2. The van der Waals surface area contributed by atoms with Crippen LogP contribution in [0.15, 0.2) is 66.1 Å². The monoisotopic (exact) mass is 484 g/mol. The number of rotatable bonds is 5. The summed E-state index contributed by atoms with van der Waals surface area (Å²) in [5.41, 5.74) is 2.77. The number of imidazole rings is 1. The van der Waals surface area contributed by atoms with Gasteiger partial charge in [-0.1, -0.05) is 36.4 Å². The van der Waals surface area contributed by atoms with E-state index in [4.69, 9.17) is 0 Å². The first-order valence-corrected chi connectivity index (χ1v) is 13.0. The van der Waals surface area contributed by atoms with Crippen LogP contribution in [0.2, 0.25) is 0 Å². The fraction of sp³-hybridized carbons (Fsp3) is 0.400. The SMILES string of the molecule is Cn1cnc(S(=O)(=O)N2CCCCN3[C@H](C2)[C@H](c2ccc(-c4cccc(F)c4)cc2)[C@@H]3CO)c1. The van der Waals surface area contributed by atoms with Crippen molar-refractivity contribution in [1.29, 1.82) is 0 Å². The van der Waals surface area contributed by atoms with Crippen LogP contribution in [0.5, 0.6) is 0 Å². The molecule has 2 aliphatic heterocycles. The van der Waals surface area contributed by atoms with E-state index in [0.717, 1.165) is 36.1 Å².